The molecule has 0 bridgehead atoms. The van der Waals surface area contributed by atoms with Gasteiger partial charge in [-0.05, 0) is 86.7 Å². The highest BCUT2D eigenvalue weighted by Crippen LogP contribution is 2.56. The zero-order chi connectivity index (χ0) is 24.1. The molecule has 34 heavy (non-hydrogen) atoms. The summed E-state index contributed by atoms with van der Waals surface area (Å²) in [6, 6.07) is 17.8. The van der Waals surface area contributed by atoms with Crippen LogP contribution in [0.1, 0.15) is 108 Å². The largest absolute Gasteiger partial charge is 0.242 e. The normalized spacial score (nSPS) is 20.4. The molecule has 4 heteroatoms. The van der Waals surface area contributed by atoms with Gasteiger partial charge in [0.25, 0.3) is 0 Å². The molecule has 2 aliphatic carbocycles. The third-order valence-corrected chi connectivity index (χ3v) is 12.9. The molecule has 2 atom stereocenters. The summed E-state index contributed by atoms with van der Waals surface area (Å²) < 4.78 is 16.7. The van der Waals surface area contributed by atoms with Crippen LogP contribution in [0.2, 0.25) is 0 Å². The summed E-state index contributed by atoms with van der Waals surface area (Å²) in [6.07, 6.45) is 14.0. The van der Waals surface area contributed by atoms with Gasteiger partial charge in [-0.1, -0.05) is 95.0 Å². The van der Waals surface area contributed by atoms with Crippen LogP contribution in [0.5, 0.6) is 0 Å². The first kappa shape index (κ1) is 26.1. The van der Waals surface area contributed by atoms with Crippen molar-refractivity contribution in [2.45, 2.75) is 114 Å². The Morgan fingerprint density at radius 1 is 0.794 bits per heavy atom. The average Bonchev–Trinajstić information content (AvgIpc) is 2.84. The Bertz CT molecular complexity index is 938. The number of hydrogen-bond donors (Lipinski definition) is 1. The highest BCUT2D eigenvalue weighted by Gasteiger charge is 2.35. The lowest BCUT2D eigenvalue weighted by Gasteiger charge is -2.40. The molecule has 1 N–H and O–H groups in total. The van der Waals surface area contributed by atoms with Gasteiger partial charge in [-0.3, -0.25) is 0 Å². The predicted molar refractivity (Wildman–Crippen MR) is 151 cm³/mol. The van der Waals surface area contributed by atoms with Crippen LogP contribution >= 0.6 is 7.92 Å². The summed E-state index contributed by atoms with van der Waals surface area (Å²) in [6.45, 7) is 8.38. The van der Waals surface area contributed by atoms with Crippen molar-refractivity contribution >= 4 is 24.2 Å². The highest BCUT2D eigenvalue weighted by molar-refractivity contribution is 7.84. The van der Waals surface area contributed by atoms with Crippen LogP contribution < -0.4 is 10.0 Å². The van der Waals surface area contributed by atoms with Gasteiger partial charge in [0.2, 0.25) is 0 Å². The van der Waals surface area contributed by atoms with E-state index in [1.807, 2.05) is 0 Å². The Labute approximate surface area is 212 Å². The zero-order valence-electron chi connectivity index (χ0n) is 21.7. The first-order chi connectivity index (χ1) is 16.4. The number of nitrogens with one attached hydrogen (secondary N) is 1. The predicted octanol–water partition coefficient (Wildman–Crippen LogP) is 7.91. The summed E-state index contributed by atoms with van der Waals surface area (Å²) in [5, 5.41) is 1.59. The summed E-state index contributed by atoms with van der Waals surface area (Å²) in [5.74, 6) is 0. The van der Waals surface area contributed by atoms with Crippen molar-refractivity contribution in [3.05, 3.63) is 65.2 Å². The Morgan fingerprint density at radius 2 is 1.29 bits per heavy atom. The van der Waals surface area contributed by atoms with E-state index >= 15 is 0 Å². The van der Waals surface area contributed by atoms with E-state index in [2.05, 4.69) is 80.9 Å². The van der Waals surface area contributed by atoms with Crippen molar-refractivity contribution < 1.29 is 4.21 Å². The van der Waals surface area contributed by atoms with Crippen LogP contribution in [0.4, 0.5) is 0 Å². The zero-order valence-corrected chi connectivity index (χ0v) is 23.4. The Hall–Kier alpha value is -1.02. The standard InChI is InChI=1S/C30H44NOPS/c1-23-15-11-12-20-26(23)29(31-34(32)30(2,3)4)27-21-13-14-22-28(27)33(24-16-7-5-8-17-24)25-18-9-6-10-19-25/h11-15,20-22,24-25,29,31H,5-10,16-19H2,1-4H3/t29-,34?/m0/s1. The van der Waals surface area contributed by atoms with Gasteiger partial charge in [-0.25, -0.2) is 8.93 Å². The van der Waals surface area contributed by atoms with Crippen LogP contribution in [-0.4, -0.2) is 20.3 Å². The lowest BCUT2D eigenvalue weighted by atomic mass is 9.96. The van der Waals surface area contributed by atoms with E-state index in [0.717, 1.165) is 11.3 Å². The summed E-state index contributed by atoms with van der Waals surface area (Å²) in [4.78, 5) is 0. The second-order valence-electron chi connectivity index (χ2n) is 11.3. The van der Waals surface area contributed by atoms with Crippen LogP contribution in [0.3, 0.4) is 0 Å². The van der Waals surface area contributed by atoms with Crippen molar-refractivity contribution in [1.82, 2.24) is 4.72 Å². The maximum Gasteiger partial charge on any atom is 0.0979 e. The molecule has 0 heterocycles. The molecule has 0 aromatic heterocycles. The lowest BCUT2D eigenvalue weighted by Crippen LogP contribution is -2.38. The highest BCUT2D eigenvalue weighted by atomic mass is 32.2. The molecule has 4 rings (SSSR count). The van der Waals surface area contributed by atoms with Gasteiger partial charge in [0.05, 0.1) is 21.8 Å². The summed E-state index contributed by atoms with van der Waals surface area (Å²) in [5.41, 5.74) is 5.59. The molecule has 0 amide bonds. The van der Waals surface area contributed by atoms with E-state index in [4.69, 9.17) is 0 Å². The fraction of sp³-hybridized carbons (Fsp3) is 0.600. The van der Waals surface area contributed by atoms with Gasteiger partial charge >= 0.3 is 0 Å². The quantitative estimate of drug-likeness (QED) is 0.387. The first-order valence-corrected chi connectivity index (χ1v) is 16.1. The van der Waals surface area contributed by atoms with E-state index in [0.29, 0.717) is 0 Å². The minimum atomic E-state index is -1.15. The minimum absolute atomic E-state index is 0.0466. The van der Waals surface area contributed by atoms with Crippen LogP contribution in [-0.2, 0) is 11.0 Å². The molecular formula is C30H44NOPS. The molecule has 2 saturated carbocycles. The van der Waals surface area contributed by atoms with Crippen LogP contribution in [0, 0.1) is 6.92 Å². The smallest absolute Gasteiger partial charge is 0.0979 e. The van der Waals surface area contributed by atoms with Gasteiger partial charge in [0, 0.05) is 0 Å². The Kier molecular flexibility index (Phi) is 9.05. The third-order valence-electron chi connectivity index (χ3n) is 7.74. The van der Waals surface area contributed by atoms with Gasteiger partial charge in [-0.2, -0.15) is 0 Å². The van der Waals surface area contributed by atoms with E-state index in [9.17, 15) is 4.21 Å². The first-order valence-electron chi connectivity index (χ1n) is 13.5. The van der Waals surface area contributed by atoms with Crippen molar-refractivity contribution in [2.24, 2.45) is 0 Å². The van der Waals surface area contributed by atoms with Crippen LogP contribution in [0.15, 0.2) is 48.5 Å². The van der Waals surface area contributed by atoms with E-state index in [-0.39, 0.29) is 18.7 Å². The molecule has 0 saturated heterocycles. The number of benzene rings is 2. The molecule has 2 nitrogen and oxygen atoms in total. The SMILES string of the molecule is Cc1ccccc1[C@H](NS(=O)C(C)(C)C)c1ccccc1P(C1CCCCC1)C1CCCCC1. The third kappa shape index (κ3) is 6.21. The lowest BCUT2D eigenvalue weighted by molar-refractivity contribution is 0.487. The monoisotopic (exact) mass is 497 g/mol. The second-order valence-corrected chi connectivity index (χ2v) is 16.1. The summed E-state index contributed by atoms with van der Waals surface area (Å²) >= 11 is 0. The van der Waals surface area contributed by atoms with Crippen molar-refractivity contribution in [1.29, 1.82) is 0 Å². The maximum absolute atomic E-state index is 13.4. The van der Waals surface area contributed by atoms with E-state index in [1.165, 1.54) is 80.9 Å². The number of aryl methyl sites for hydroxylation is 1. The fourth-order valence-electron chi connectivity index (χ4n) is 5.87. The molecule has 0 aliphatic heterocycles. The number of rotatable bonds is 7. The Morgan fingerprint density at radius 3 is 1.82 bits per heavy atom. The maximum atomic E-state index is 13.4. The molecule has 1 unspecified atom stereocenters. The number of hydrogen-bond acceptors (Lipinski definition) is 1. The fourth-order valence-corrected chi connectivity index (χ4v) is 10.7. The van der Waals surface area contributed by atoms with Crippen molar-refractivity contribution in [3.63, 3.8) is 0 Å². The minimum Gasteiger partial charge on any atom is -0.242 e. The second kappa shape index (κ2) is 11.8. The Balaban J connectivity index is 1.81. The topological polar surface area (TPSA) is 29.1 Å². The van der Waals surface area contributed by atoms with Gasteiger partial charge in [0.15, 0.2) is 0 Å². The molecule has 2 fully saturated rings. The molecular weight excluding hydrogens is 453 g/mol. The molecule has 2 aromatic carbocycles. The van der Waals surface area contributed by atoms with E-state index < -0.39 is 11.0 Å². The van der Waals surface area contributed by atoms with Crippen molar-refractivity contribution in [2.75, 3.05) is 0 Å². The average molecular weight is 498 g/mol. The molecule has 0 spiro atoms. The van der Waals surface area contributed by atoms with Crippen LogP contribution in [0.25, 0.3) is 0 Å². The summed E-state index contributed by atoms with van der Waals surface area (Å²) in [7, 11) is -1.39. The van der Waals surface area contributed by atoms with Gasteiger partial charge in [-0.15, -0.1) is 0 Å². The van der Waals surface area contributed by atoms with E-state index in [1.54, 1.807) is 5.30 Å². The van der Waals surface area contributed by atoms with Gasteiger partial charge < -0.3 is 0 Å². The van der Waals surface area contributed by atoms with Crippen molar-refractivity contribution in [3.8, 4) is 0 Å². The van der Waals surface area contributed by atoms with Gasteiger partial charge in [0.1, 0.15) is 0 Å². The molecule has 2 aromatic rings. The molecule has 2 aliphatic rings. The molecule has 186 valence electrons. The molecule has 0 radical (unpaired) electrons.